The van der Waals surface area contributed by atoms with Crippen molar-refractivity contribution in [3.05, 3.63) is 23.7 Å². The smallest absolute Gasteiger partial charge is 0.129 e. The molecule has 0 saturated heterocycles. The fourth-order valence-corrected chi connectivity index (χ4v) is 1.17. The molecule has 0 fully saturated rings. The first kappa shape index (κ1) is 12.3. The fourth-order valence-electron chi connectivity index (χ4n) is 1.17. The number of hydrogen-bond acceptors (Lipinski definition) is 3. The minimum absolute atomic E-state index is 0.243. The van der Waals surface area contributed by atoms with Crippen LogP contribution in [0.3, 0.4) is 0 Å². The van der Waals surface area contributed by atoms with E-state index in [1.165, 1.54) is 5.56 Å². The van der Waals surface area contributed by atoms with Gasteiger partial charge >= 0.3 is 0 Å². The maximum Gasteiger partial charge on any atom is 0.129 e. The summed E-state index contributed by atoms with van der Waals surface area (Å²) in [6.07, 6.45) is 2.03. The second-order valence-electron chi connectivity index (χ2n) is 4.32. The maximum absolute atomic E-state index is 5.45. The highest BCUT2D eigenvalue weighted by Crippen LogP contribution is 2.10. The Morgan fingerprint density at radius 2 is 2.07 bits per heavy atom. The van der Waals surface area contributed by atoms with Crippen LogP contribution < -0.4 is 5.32 Å². The van der Waals surface area contributed by atoms with Crippen molar-refractivity contribution in [2.45, 2.75) is 53.0 Å². The maximum atomic E-state index is 5.45. The van der Waals surface area contributed by atoms with E-state index in [4.69, 9.17) is 9.15 Å². The van der Waals surface area contributed by atoms with Crippen molar-refractivity contribution in [3.63, 3.8) is 0 Å². The average molecular weight is 211 g/mol. The number of rotatable bonds is 6. The van der Waals surface area contributed by atoms with Gasteiger partial charge in [-0.2, -0.15) is 0 Å². The zero-order valence-corrected chi connectivity index (χ0v) is 10.0. The summed E-state index contributed by atoms with van der Waals surface area (Å²) in [7, 11) is 0. The minimum Gasteiger partial charge on any atom is -0.467 e. The second-order valence-corrected chi connectivity index (χ2v) is 4.32. The number of furan rings is 1. The number of nitrogens with one attached hydrogen (secondary N) is 1. The van der Waals surface area contributed by atoms with Crippen LogP contribution in [-0.4, -0.2) is 12.1 Å². The van der Waals surface area contributed by atoms with E-state index in [9.17, 15) is 0 Å². The molecular weight excluding hydrogens is 190 g/mol. The quantitative estimate of drug-likeness (QED) is 0.785. The van der Waals surface area contributed by atoms with E-state index < -0.39 is 0 Å². The molecule has 3 nitrogen and oxygen atoms in total. The van der Waals surface area contributed by atoms with Crippen LogP contribution in [0.4, 0.5) is 0 Å². The highest BCUT2D eigenvalue weighted by molar-refractivity contribution is 5.12. The first-order valence-corrected chi connectivity index (χ1v) is 5.49. The van der Waals surface area contributed by atoms with Gasteiger partial charge in [0.2, 0.25) is 0 Å². The summed E-state index contributed by atoms with van der Waals surface area (Å²) >= 11 is 0. The van der Waals surface area contributed by atoms with Crippen molar-refractivity contribution in [1.29, 1.82) is 0 Å². The molecule has 1 heterocycles. The normalized spacial score (nSPS) is 11.6. The average Bonchev–Trinajstić information content (AvgIpc) is 2.59. The third-order valence-corrected chi connectivity index (χ3v) is 1.98. The molecule has 0 radical (unpaired) electrons. The molecule has 1 aromatic heterocycles. The Morgan fingerprint density at radius 3 is 2.67 bits per heavy atom. The summed E-state index contributed by atoms with van der Waals surface area (Å²) in [5.74, 6) is 0.893. The van der Waals surface area contributed by atoms with Crippen LogP contribution in [0, 0.1) is 0 Å². The van der Waals surface area contributed by atoms with Gasteiger partial charge in [-0.3, -0.25) is 0 Å². The second kappa shape index (κ2) is 5.93. The summed E-state index contributed by atoms with van der Waals surface area (Å²) in [6, 6.07) is 2.54. The van der Waals surface area contributed by atoms with Gasteiger partial charge in [0.25, 0.3) is 0 Å². The predicted molar refractivity (Wildman–Crippen MR) is 60.6 cm³/mol. The lowest BCUT2D eigenvalue weighted by Crippen LogP contribution is -2.21. The molecule has 0 unspecified atom stereocenters. The first-order valence-electron chi connectivity index (χ1n) is 5.49. The van der Waals surface area contributed by atoms with Crippen LogP contribution >= 0.6 is 0 Å². The molecule has 15 heavy (non-hydrogen) atoms. The fraction of sp³-hybridized carbons (Fsp3) is 0.667. The molecule has 0 aliphatic heterocycles. The van der Waals surface area contributed by atoms with Crippen LogP contribution in [0.1, 0.15) is 39.0 Å². The van der Waals surface area contributed by atoms with Gasteiger partial charge in [0.15, 0.2) is 0 Å². The zero-order valence-electron chi connectivity index (χ0n) is 10.0. The van der Waals surface area contributed by atoms with E-state index in [-0.39, 0.29) is 6.10 Å². The predicted octanol–water partition coefficient (Wildman–Crippen LogP) is 2.70. The topological polar surface area (TPSA) is 34.4 Å². The number of ether oxygens (including phenoxy) is 1. The van der Waals surface area contributed by atoms with Crippen LogP contribution in [0.15, 0.2) is 16.7 Å². The Bertz CT molecular complexity index is 252. The molecule has 0 spiro atoms. The van der Waals surface area contributed by atoms with Gasteiger partial charge < -0.3 is 14.5 Å². The van der Waals surface area contributed by atoms with Gasteiger partial charge in [0.05, 0.1) is 12.4 Å². The van der Waals surface area contributed by atoms with Gasteiger partial charge in [-0.15, -0.1) is 0 Å². The third kappa shape index (κ3) is 5.00. The molecular formula is C12H21NO2. The zero-order chi connectivity index (χ0) is 11.3. The van der Waals surface area contributed by atoms with Crippen molar-refractivity contribution >= 4 is 0 Å². The third-order valence-electron chi connectivity index (χ3n) is 1.98. The molecule has 0 bridgehead atoms. The molecule has 1 aromatic rings. The van der Waals surface area contributed by atoms with Crippen molar-refractivity contribution < 1.29 is 9.15 Å². The molecule has 86 valence electrons. The van der Waals surface area contributed by atoms with E-state index in [0.29, 0.717) is 12.6 Å². The van der Waals surface area contributed by atoms with Crippen molar-refractivity contribution in [2.75, 3.05) is 0 Å². The molecule has 0 amide bonds. The molecule has 1 N–H and O–H groups in total. The Morgan fingerprint density at radius 1 is 1.33 bits per heavy atom. The standard InChI is InChI=1S/C12H21NO2/c1-9(2)13-6-11-5-12(15-7-11)8-14-10(3)4/h5,7,9-10,13H,6,8H2,1-4H3. The van der Waals surface area contributed by atoms with E-state index in [2.05, 4.69) is 19.2 Å². The van der Waals surface area contributed by atoms with Crippen molar-refractivity contribution in [1.82, 2.24) is 5.32 Å². The molecule has 1 rings (SSSR count). The van der Waals surface area contributed by atoms with Gasteiger partial charge in [-0.25, -0.2) is 0 Å². The monoisotopic (exact) mass is 211 g/mol. The summed E-state index contributed by atoms with van der Waals surface area (Å²) in [5.41, 5.74) is 1.17. The van der Waals surface area contributed by atoms with Gasteiger partial charge in [0.1, 0.15) is 12.4 Å². The summed E-state index contributed by atoms with van der Waals surface area (Å²) in [6.45, 7) is 9.70. The lowest BCUT2D eigenvalue weighted by Gasteiger charge is -2.05. The molecule has 0 aliphatic carbocycles. The molecule has 0 aromatic carbocycles. The molecule has 0 atom stereocenters. The van der Waals surface area contributed by atoms with E-state index in [1.807, 2.05) is 19.9 Å². The van der Waals surface area contributed by atoms with Crippen LogP contribution in [0.2, 0.25) is 0 Å². The van der Waals surface area contributed by atoms with Crippen LogP contribution in [0.5, 0.6) is 0 Å². The highest BCUT2D eigenvalue weighted by atomic mass is 16.5. The van der Waals surface area contributed by atoms with Crippen LogP contribution in [0.25, 0.3) is 0 Å². The molecule has 0 aliphatic rings. The SMILES string of the molecule is CC(C)NCc1coc(COC(C)C)c1. The summed E-state index contributed by atoms with van der Waals surface area (Å²) < 4.78 is 10.8. The Kier molecular flexibility index (Phi) is 4.85. The van der Waals surface area contributed by atoms with Crippen molar-refractivity contribution in [2.24, 2.45) is 0 Å². The summed E-state index contributed by atoms with van der Waals surface area (Å²) in [4.78, 5) is 0. The van der Waals surface area contributed by atoms with E-state index in [0.717, 1.165) is 12.3 Å². The van der Waals surface area contributed by atoms with E-state index in [1.54, 1.807) is 6.26 Å². The Labute approximate surface area is 91.8 Å². The van der Waals surface area contributed by atoms with Crippen LogP contribution in [-0.2, 0) is 17.9 Å². The number of hydrogen-bond donors (Lipinski definition) is 1. The highest BCUT2D eigenvalue weighted by Gasteiger charge is 2.03. The Hall–Kier alpha value is -0.800. The lowest BCUT2D eigenvalue weighted by molar-refractivity contribution is 0.0545. The van der Waals surface area contributed by atoms with Crippen molar-refractivity contribution in [3.8, 4) is 0 Å². The Balaban J connectivity index is 2.35. The molecule has 0 saturated carbocycles. The van der Waals surface area contributed by atoms with E-state index >= 15 is 0 Å². The van der Waals surface area contributed by atoms with Gasteiger partial charge in [-0.05, 0) is 19.9 Å². The summed E-state index contributed by atoms with van der Waals surface area (Å²) in [5, 5.41) is 3.34. The molecule has 3 heteroatoms. The minimum atomic E-state index is 0.243. The lowest BCUT2D eigenvalue weighted by atomic mass is 10.3. The first-order chi connectivity index (χ1) is 7.08. The van der Waals surface area contributed by atoms with Gasteiger partial charge in [-0.1, -0.05) is 13.8 Å². The van der Waals surface area contributed by atoms with Gasteiger partial charge in [0, 0.05) is 18.2 Å². The largest absolute Gasteiger partial charge is 0.467 e.